The molecule has 0 aromatic carbocycles. The van der Waals surface area contributed by atoms with Crippen molar-refractivity contribution < 1.29 is 0 Å². The molecule has 0 amide bonds. The van der Waals surface area contributed by atoms with Crippen LogP contribution in [-0.4, -0.2) is 16.1 Å². The highest BCUT2D eigenvalue weighted by Gasteiger charge is 2.22. The average Bonchev–Trinajstić information content (AvgIpc) is 2.84. The van der Waals surface area contributed by atoms with Gasteiger partial charge in [0.2, 0.25) is 0 Å². The van der Waals surface area contributed by atoms with Crippen LogP contribution in [0.5, 0.6) is 0 Å². The van der Waals surface area contributed by atoms with E-state index in [0.717, 1.165) is 25.4 Å². The van der Waals surface area contributed by atoms with Crippen molar-refractivity contribution in [2.24, 2.45) is 5.92 Å². The number of nitrogens with one attached hydrogen (secondary N) is 1. The van der Waals surface area contributed by atoms with Crippen molar-refractivity contribution in [2.45, 2.75) is 51.6 Å². The molecule has 3 heterocycles. The third kappa shape index (κ3) is 2.05. The third-order valence-electron chi connectivity index (χ3n) is 5.05. The summed E-state index contributed by atoms with van der Waals surface area (Å²) in [5, 5.41) is 4.92. The Morgan fingerprint density at radius 2 is 2.15 bits per heavy atom. The quantitative estimate of drug-likeness (QED) is 0.907. The molecular formula is C17H23N3. The topological polar surface area (TPSA) is 29.9 Å². The van der Waals surface area contributed by atoms with Gasteiger partial charge in [0, 0.05) is 30.4 Å². The highest BCUT2D eigenvalue weighted by molar-refractivity contribution is 5.82. The van der Waals surface area contributed by atoms with Gasteiger partial charge >= 0.3 is 0 Å². The van der Waals surface area contributed by atoms with Gasteiger partial charge < -0.3 is 9.88 Å². The van der Waals surface area contributed by atoms with Crippen LogP contribution in [0.4, 0.5) is 0 Å². The molecule has 2 aromatic heterocycles. The number of aromatic nitrogens is 2. The predicted octanol–water partition coefficient (Wildman–Crippen LogP) is 3.26. The summed E-state index contributed by atoms with van der Waals surface area (Å²) in [7, 11) is 0. The molecule has 20 heavy (non-hydrogen) atoms. The van der Waals surface area contributed by atoms with Crippen LogP contribution in [0.2, 0.25) is 0 Å². The Kier molecular flexibility index (Phi) is 3.23. The van der Waals surface area contributed by atoms with Gasteiger partial charge in [0.1, 0.15) is 5.65 Å². The smallest absolute Gasteiger partial charge is 0.140 e. The molecule has 0 spiro atoms. The lowest BCUT2D eigenvalue weighted by Gasteiger charge is -2.24. The summed E-state index contributed by atoms with van der Waals surface area (Å²) < 4.78 is 2.52. The second-order valence-electron chi connectivity index (χ2n) is 6.34. The molecule has 1 aliphatic carbocycles. The van der Waals surface area contributed by atoms with Crippen LogP contribution in [0.1, 0.15) is 43.4 Å². The van der Waals surface area contributed by atoms with Crippen molar-refractivity contribution >= 4 is 11.0 Å². The van der Waals surface area contributed by atoms with Gasteiger partial charge in [-0.05, 0) is 49.4 Å². The molecule has 1 fully saturated rings. The Bertz CT molecular complexity index is 608. The lowest BCUT2D eigenvalue weighted by atomic mass is 9.89. The molecule has 0 unspecified atom stereocenters. The summed E-state index contributed by atoms with van der Waals surface area (Å²) in [4.78, 5) is 4.69. The van der Waals surface area contributed by atoms with Crippen molar-refractivity contribution in [3.05, 3.63) is 29.6 Å². The fourth-order valence-electron chi connectivity index (χ4n) is 4.02. The molecule has 106 valence electrons. The van der Waals surface area contributed by atoms with Gasteiger partial charge in [-0.15, -0.1) is 0 Å². The number of nitrogens with zero attached hydrogens (tertiary/aromatic N) is 2. The molecule has 0 radical (unpaired) electrons. The number of pyridine rings is 1. The van der Waals surface area contributed by atoms with Crippen LogP contribution >= 0.6 is 0 Å². The highest BCUT2D eigenvalue weighted by Crippen LogP contribution is 2.31. The lowest BCUT2D eigenvalue weighted by molar-refractivity contribution is 0.318. The summed E-state index contributed by atoms with van der Waals surface area (Å²) in [6, 6.07) is 4.33. The van der Waals surface area contributed by atoms with Gasteiger partial charge in [-0.3, -0.25) is 0 Å². The molecule has 1 aliphatic heterocycles. The molecule has 1 N–H and O–H groups in total. The second kappa shape index (κ2) is 5.21. The maximum absolute atomic E-state index is 4.69. The number of hydrogen-bond acceptors (Lipinski definition) is 2. The minimum absolute atomic E-state index is 0.854. The van der Waals surface area contributed by atoms with Crippen LogP contribution in [0.3, 0.4) is 0 Å². The molecule has 0 bridgehead atoms. The highest BCUT2D eigenvalue weighted by atomic mass is 15.1. The van der Waals surface area contributed by atoms with E-state index in [1.54, 1.807) is 5.56 Å². The molecule has 1 saturated carbocycles. The Labute approximate surface area is 120 Å². The largest absolute Gasteiger partial charge is 0.328 e. The van der Waals surface area contributed by atoms with Gasteiger partial charge in [-0.25, -0.2) is 4.98 Å². The third-order valence-corrected chi connectivity index (χ3v) is 5.05. The first kappa shape index (κ1) is 12.4. The fourth-order valence-corrected chi connectivity index (χ4v) is 4.02. The zero-order chi connectivity index (χ0) is 13.4. The van der Waals surface area contributed by atoms with E-state index in [0.29, 0.717) is 0 Å². The zero-order valence-corrected chi connectivity index (χ0v) is 12.1. The summed E-state index contributed by atoms with van der Waals surface area (Å²) >= 11 is 0. The first-order valence-electron chi connectivity index (χ1n) is 8.09. The minimum atomic E-state index is 0.854. The fraction of sp³-hybridized carbons (Fsp3) is 0.588. The first-order chi connectivity index (χ1) is 9.93. The predicted molar refractivity (Wildman–Crippen MR) is 81.7 cm³/mol. The van der Waals surface area contributed by atoms with E-state index in [9.17, 15) is 0 Å². The molecule has 4 rings (SSSR count). The van der Waals surface area contributed by atoms with E-state index in [-0.39, 0.29) is 0 Å². The van der Waals surface area contributed by atoms with E-state index < -0.39 is 0 Å². The van der Waals surface area contributed by atoms with Crippen molar-refractivity contribution in [2.75, 3.05) is 6.54 Å². The molecule has 3 heteroatoms. The number of hydrogen-bond donors (Lipinski definition) is 1. The van der Waals surface area contributed by atoms with Crippen molar-refractivity contribution in [1.29, 1.82) is 0 Å². The lowest BCUT2D eigenvalue weighted by Crippen LogP contribution is -2.26. The maximum Gasteiger partial charge on any atom is 0.140 e. The number of rotatable bonds is 2. The Balaban J connectivity index is 1.76. The zero-order valence-electron chi connectivity index (χ0n) is 12.1. The van der Waals surface area contributed by atoms with Gasteiger partial charge in [0.15, 0.2) is 0 Å². The van der Waals surface area contributed by atoms with Crippen LogP contribution in [0.25, 0.3) is 11.0 Å². The SMILES string of the molecule is c1cnc2c(c1)c1c(n2CC2CCCCC2)CNCC1. The maximum atomic E-state index is 4.69. The minimum Gasteiger partial charge on any atom is -0.328 e. The number of fused-ring (bicyclic) bond motifs is 3. The Morgan fingerprint density at radius 3 is 3.05 bits per heavy atom. The van der Waals surface area contributed by atoms with Gasteiger partial charge in [-0.2, -0.15) is 0 Å². The van der Waals surface area contributed by atoms with E-state index in [2.05, 4.69) is 27.0 Å². The molecule has 2 aromatic rings. The molecule has 2 aliphatic rings. The van der Waals surface area contributed by atoms with E-state index >= 15 is 0 Å². The molecule has 0 saturated heterocycles. The standard InChI is InChI=1S/C17H23N3/c1-2-5-13(6-3-1)12-20-16-11-18-10-8-14(16)15-7-4-9-19-17(15)20/h4,7,9,13,18H,1-3,5-6,8,10-12H2. The first-order valence-corrected chi connectivity index (χ1v) is 8.09. The van der Waals surface area contributed by atoms with Crippen LogP contribution in [0.15, 0.2) is 18.3 Å². The van der Waals surface area contributed by atoms with Crippen molar-refractivity contribution in [3.8, 4) is 0 Å². The summed E-state index contributed by atoms with van der Waals surface area (Å²) in [6.07, 6.45) is 10.1. The van der Waals surface area contributed by atoms with Crippen LogP contribution in [-0.2, 0) is 19.5 Å². The van der Waals surface area contributed by atoms with Gasteiger partial charge in [0.25, 0.3) is 0 Å². The van der Waals surface area contributed by atoms with Gasteiger partial charge in [0.05, 0.1) is 0 Å². The molecular weight excluding hydrogens is 246 g/mol. The Hall–Kier alpha value is -1.35. The summed E-state index contributed by atoms with van der Waals surface area (Å²) in [5.41, 5.74) is 4.25. The molecule has 0 atom stereocenters. The van der Waals surface area contributed by atoms with Crippen molar-refractivity contribution in [3.63, 3.8) is 0 Å². The normalized spacial score (nSPS) is 20.2. The molecule has 3 nitrogen and oxygen atoms in total. The Morgan fingerprint density at radius 1 is 1.25 bits per heavy atom. The monoisotopic (exact) mass is 269 g/mol. The van der Waals surface area contributed by atoms with Crippen molar-refractivity contribution in [1.82, 2.24) is 14.9 Å². The summed E-state index contributed by atoms with van der Waals surface area (Å²) in [5.74, 6) is 0.854. The van der Waals surface area contributed by atoms with E-state index in [4.69, 9.17) is 0 Å². The second-order valence-corrected chi connectivity index (χ2v) is 6.34. The summed E-state index contributed by atoms with van der Waals surface area (Å²) in [6.45, 7) is 3.29. The van der Waals surface area contributed by atoms with Gasteiger partial charge in [-0.1, -0.05) is 19.3 Å². The van der Waals surface area contributed by atoms with E-state index in [1.165, 1.54) is 55.4 Å². The van der Waals surface area contributed by atoms with Crippen LogP contribution < -0.4 is 5.32 Å². The van der Waals surface area contributed by atoms with Crippen LogP contribution in [0, 0.1) is 5.92 Å². The van der Waals surface area contributed by atoms with E-state index in [1.807, 2.05) is 6.20 Å². The average molecular weight is 269 g/mol.